The van der Waals surface area contributed by atoms with E-state index in [4.69, 9.17) is 17.3 Å². The molecule has 1 aromatic rings. The second kappa shape index (κ2) is 5.67. The summed E-state index contributed by atoms with van der Waals surface area (Å²) in [6.07, 6.45) is 3.81. The maximum atomic E-state index is 6.18. The zero-order chi connectivity index (χ0) is 11.4. The van der Waals surface area contributed by atoms with Gasteiger partial charge in [-0.25, -0.2) is 0 Å². The molecule has 1 heterocycles. The van der Waals surface area contributed by atoms with Crippen LogP contribution in [0.3, 0.4) is 0 Å². The van der Waals surface area contributed by atoms with Crippen molar-refractivity contribution in [3.63, 3.8) is 0 Å². The van der Waals surface area contributed by atoms with Crippen molar-refractivity contribution in [1.82, 2.24) is 4.90 Å². The van der Waals surface area contributed by atoms with Gasteiger partial charge in [0, 0.05) is 24.2 Å². The van der Waals surface area contributed by atoms with E-state index in [1.54, 1.807) is 0 Å². The van der Waals surface area contributed by atoms with E-state index in [0.29, 0.717) is 6.04 Å². The fraction of sp³-hybridized carbons (Fsp3) is 0.538. The molecule has 0 bridgehead atoms. The van der Waals surface area contributed by atoms with Crippen molar-refractivity contribution < 1.29 is 0 Å². The Morgan fingerprint density at radius 2 is 2.12 bits per heavy atom. The van der Waals surface area contributed by atoms with E-state index in [0.717, 1.165) is 24.7 Å². The van der Waals surface area contributed by atoms with Crippen LogP contribution in [0.1, 0.15) is 24.8 Å². The number of rotatable bonds is 3. The first-order chi connectivity index (χ1) is 7.81. The van der Waals surface area contributed by atoms with E-state index in [2.05, 4.69) is 11.0 Å². The average molecular weight is 239 g/mol. The molecule has 0 amide bonds. The van der Waals surface area contributed by atoms with Crippen molar-refractivity contribution in [2.45, 2.75) is 31.8 Å². The zero-order valence-electron chi connectivity index (χ0n) is 9.53. The van der Waals surface area contributed by atoms with Crippen molar-refractivity contribution in [3.8, 4) is 0 Å². The van der Waals surface area contributed by atoms with Crippen molar-refractivity contribution in [2.75, 3.05) is 13.1 Å². The molecular formula is C13H19ClN2. The lowest BCUT2D eigenvalue weighted by Crippen LogP contribution is -2.43. The fourth-order valence-electron chi connectivity index (χ4n) is 2.38. The van der Waals surface area contributed by atoms with Gasteiger partial charge in [0.1, 0.15) is 0 Å². The maximum absolute atomic E-state index is 6.18. The summed E-state index contributed by atoms with van der Waals surface area (Å²) in [6, 6.07) is 8.61. The van der Waals surface area contributed by atoms with Crippen LogP contribution in [0.4, 0.5) is 0 Å². The van der Waals surface area contributed by atoms with Crippen molar-refractivity contribution in [3.05, 3.63) is 34.9 Å². The summed E-state index contributed by atoms with van der Waals surface area (Å²) >= 11 is 6.18. The highest BCUT2D eigenvalue weighted by molar-refractivity contribution is 6.31. The molecule has 1 atom stereocenters. The van der Waals surface area contributed by atoms with E-state index < -0.39 is 0 Å². The van der Waals surface area contributed by atoms with E-state index in [1.807, 2.05) is 18.2 Å². The van der Waals surface area contributed by atoms with Crippen molar-refractivity contribution in [2.24, 2.45) is 5.73 Å². The number of benzene rings is 1. The molecule has 0 spiro atoms. The second-order valence-corrected chi connectivity index (χ2v) is 4.85. The minimum atomic E-state index is 0.532. The molecule has 0 aliphatic carbocycles. The van der Waals surface area contributed by atoms with Gasteiger partial charge < -0.3 is 5.73 Å². The van der Waals surface area contributed by atoms with Gasteiger partial charge in [-0.1, -0.05) is 36.2 Å². The van der Waals surface area contributed by atoms with Gasteiger partial charge >= 0.3 is 0 Å². The molecule has 1 fully saturated rings. The van der Waals surface area contributed by atoms with Crippen LogP contribution in [-0.4, -0.2) is 24.0 Å². The van der Waals surface area contributed by atoms with E-state index >= 15 is 0 Å². The van der Waals surface area contributed by atoms with Crippen LogP contribution in [0.15, 0.2) is 24.3 Å². The SMILES string of the molecule is NCC1CCCCN1Cc1ccccc1Cl. The van der Waals surface area contributed by atoms with Crippen LogP contribution >= 0.6 is 11.6 Å². The number of halogens is 1. The van der Waals surface area contributed by atoms with Gasteiger partial charge in [0.15, 0.2) is 0 Å². The molecule has 2 nitrogen and oxygen atoms in total. The lowest BCUT2D eigenvalue weighted by molar-refractivity contribution is 0.145. The number of nitrogens with zero attached hydrogens (tertiary/aromatic N) is 1. The first kappa shape index (κ1) is 11.9. The molecule has 1 aromatic carbocycles. The van der Waals surface area contributed by atoms with Crippen LogP contribution in [0.2, 0.25) is 5.02 Å². The van der Waals surface area contributed by atoms with Gasteiger partial charge in [0.25, 0.3) is 0 Å². The maximum Gasteiger partial charge on any atom is 0.0451 e. The van der Waals surface area contributed by atoms with Gasteiger partial charge in [0.05, 0.1) is 0 Å². The first-order valence-electron chi connectivity index (χ1n) is 5.99. The quantitative estimate of drug-likeness (QED) is 0.877. The fourth-order valence-corrected chi connectivity index (χ4v) is 2.58. The van der Waals surface area contributed by atoms with Crippen LogP contribution in [-0.2, 0) is 6.54 Å². The van der Waals surface area contributed by atoms with Crippen molar-refractivity contribution in [1.29, 1.82) is 0 Å². The standard InChI is InChI=1S/C13H19ClN2/c14-13-7-2-1-5-11(13)10-16-8-4-3-6-12(16)9-15/h1-2,5,7,12H,3-4,6,8-10,15H2. The molecule has 1 aliphatic heterocycles. The van der Waals surface area contributed by atoms with Gasteiger partial charge in [-0.3, -0.25) is 4.90 Å². The molecule has 2 rings (SSSR count). The van der Waals surface area contributed by atoms with Gasteiger partial charge in [0.2, 0.25) is 0 Å². The molecule has 2 N–H and O–H groups in total. The number of hydrogen-bond donors (Lipinski definition) is 1. The minimum Gasteiger partial charge on any atom is -0.329 e. The highest BCUT2D eigenvalue weighted by atomic mass is 35.5. The smallest absolute Gasteiger partial charge is 0.0451 e. The Hall–Kier alpha value is -0.570. The molecule has 16 heavy (non-hydrogen) atoms. The lowest BCUT2D eigenvalue weighted by Gasteiger charge is -2.35. The van der Waals surface area contributed by atoms with E-state index in [-0.39, 0.29) is 0 Å². The monoisotopic (exact) mass is 238 g/mol. The Labute approximate surface area is 102 Å². The third-order valence-corrected chi connectivity index (χ3v) is 3.72. The lowest BCUT2D eigenvalue weighted by atomic mass is 10.0. The largest absolute Gasteiger partial charge is 0.329 e. The molecule has 0 radical (unpaired) electrons. The Morgan fingerprint density at radius 3 is 2.88 bits per heavy atom. The van der Waals surface area contributed by atoms with Crippen molar-refractivity contribution >= 4 is 11.6 Å². The molecule has 0 saturated carbocycles. The summed E-state index contributed by atoms with van der Waals surface area (Å²) < 4.78 is 0. The number of piperidine rings is 1. The van der Waals surface area contributed by atoms with Gasteiger partial charge in [-0.2, -0.15) is 0 Å². The van der Waals surface area contributed by atoms with E-state index in [1.165, 1.54) is 24.8 Å². The van der Waals surface area contributed by atoms with E-state index in [9.17, 15) is 0 Å². The number of hydrogen-bond acceptors (Lipinski definition) is 2. The normalized spacial score (nSPS) is 22.2. The van der Waals surface area contributed by atoms with Crippen LogP contribution in [0.5, 0.6) is 0 Å². The summed E-state index contributed by atoms with van der Waals surface area (Å²) in [7, 11) is 0. The molecule has 1 aliphatic rings. The first-order valence-corrected chi connectivity index (χ1v) is 6.36. The Balaban J connectivity index is 2.05. The predicted molar refractivity (Wildman–Crippen MR) is 68.6 cm³/mol. The highest BCUT2D eigenvalue weighted by Crippen LogP contribution is 2.22. The summed E-state index contributed by atoms with van der Waals surface area (Å²) in [6.45, 7) is 2.83. The molecule has 1 saturated heterocycles. The summed E-state index contributed by atoms with van der Waals surface area (Å²) in [5, 5.41) is 0.865. The zero-order valence-corrected chi connectivity index (χ0v) is 10.3. The van der Waals surface area contributed by atoms with Crippen LogP contribution in [0.25, 0.3) is 0 Å². The Morgan fingerprint density at radius 1 is 1.31 bits per heavy atom. The van der Waals surface area contributed by atoms with Gasteiger partial charge in [-0.05, 0) is 31.0 Å². The average Bonchev–Trinajstić information content (AvgIpc) is 2.33. The minimum absolute atomic E-state index is 0.532. The summed E-state index contributed by atoms with van der Waals surface area (Å²) in [5.74, 6) is 0. The van der Waals surface area contributed by atoms with Gasteiger partial charge in [-0.15, -0.1) is 0 Å². The number of likely N-dealkylation sites (tertiary alicyclic amines) is 1. The highest BCUT2D eigenvalue weighted by Gasteiger charge is 2.21. The summed E-state index contributed by atoms with van der Waals surface area (Å²) in [5.41, 5.74) is 7.02. The third-order valence-electron chi connectivity index (χ3n) is 3.35. The van der Waals surface area contributed by atoms with Crippen LogP contribution in [0, 0.1) is 0 Å². The Kier molecular flexibility index (Phi) is 4.22. The number of nitrogens with two attached hydrogens (primary N) is 1. The predicted octanol–water partition coefficient (Wildman–Crippen LogP) is 2.65. The Bertz CT molecular complexity index is 340. The van der Waals surface area contributed by atoms with Crippen LogP contribution < -0.4 is 5.73 Å². The molecule has 88 valence electrons. The third kappa shape index (κ3) is 2.76. The summed E-state index contributed by atoms with van der Waals surface area (Å²) in [4.78, 5) is 2.46. The second-order valence-electron chi connectivity index (χ2n) is 4.45. The molecule has 3 heteroatoms. The topological polar surface area (TPSA) is 29.3 Å². The molecule has 0 aromatic heterocycles. The molecule has 1 unspecified atom stereocenters. The molecular weight excluding hydrogens is 220 g/mol.